The molecular formula is C20H14F2N4O2. The van der Waals surface area contributed by atoms with Crippen LogP contribution in [0.15, 0.2) is 47.3 Å². The maximum Gasteiger partial charge on any atom is 0.300 e. The van der Waals surface area contributed by atoms with Crippen LogP contribution in [0.3, 0.4) is 0 Å². The van der Waals surface area contributed by atoms with Gasteiger partial charge in [-0.15, -0.1) is 0 Å². The van der Waals surface area contributed by atoms with Crippen LogP contribution in [0.25, 0.3) is 22.6 Å². The Balaban J connectivity index is 1.82. The van der Waals surface area contributed by atoms with Gasteiger partial charge in [-0.2, -0.15) is 10.1 Å². The van der Waals surface area contributed by atoms with Crippen molar-refractivity contribution in [3.63, 3.8) is 0 Å². The third kappa shape index (κ3) is 2.17. The number of aromatic nitrogens is 3. The van der Waals surface area contributed by atoms with E-state index in [4.69, 9.17) is 0 Å². The lowest BCUT2D eigenvalue weighted by Crippen LogP contribution is -2.51. The Morgan fingerprint density at radius 3 is 2.50 bits per heavy atom. The first-order chi connectivity index (χ1) is 13.4. The van der Waals surface area contributed by atoms with Gasteiger partial charge in [-0.25, -0.2) is 13.5 Å². The zero-order valence-corrected chi connectivity index (χ0v) is 14.8. The van der Waals surface area contributed by atoms with Crippen LogP contribution < -0.4 is 10.5 Å². The molecule has 1 aromatic heterocycles. The molecule has 0 unspecified atom stereocenters. The van der Waals surface area contributed by atoms with Gasteiger partial charge in [-0.05, 0) is 49.4 Å². The molecule has 1 saturated heterocycles. The molecule has 3 aromatic rings. The van der Waals surface area contributed by atoms with E-state index in [2.05, 4.69) is 10.1 Å². The van der Waals surface area contributed by atoms with Crippen LogP contribution in [0.1, 0.15) is 19.8 Å². The fourth-order valence-electron chi connectivity index (χ4n) is 4.00. The lowest BCUT2D eigenvalue weighted by Gasteiger charge is -2.42. The van der Waals surface area contributed by atoms with Gasteiger partial charge in [0.2, 0.25) is 5.91 Å². The van der Waals surface area contributed by atoms with E-state index in [0.717, 1.165) is 0 Å². The van der Waals surface area contributed by atoms with Crippen LogP contribution in [0.5, 0.6) is 0 Å². The van der Waals surface area contributed by atoms with Crippen molar-refractivity contribution in [3.8, 4) is 22.6 Å². The van der Waals surface area contributed by atoms with E-state index in [1.807, 2.05) is 6.92 Å². The van der Waals surface area contributed by atoms with Crippen molar-refractivity contribution in [1.29, 1.82) is 0 Å². The van der Waals surface area contributed by atoms with Crippen molar-refractivity contribution in [2.45, 2.75) is 25.4 Å². The van der Waals surface area contributed by atoms with Gasteiger partial charge >= 0.3 is 0 Å². The number of fused-ring (bicyclic) bond motifs is 6. The number of halogens is 2. The minimum atomic E-state index is -0.868. The molecule has 5 rings (SSSR count). The summed E-state index contributed by atoms with van der Waals surface area (Å²) >= 11 is 0. The summed E-state index contributed by atoms with van der Waals surface area (Å²) in [4.78, 5) is 31.0. The zero-order valence-electron chi connectivity index (χ0n) is 14.8. The number of anilines is 1. The highest BCUT2D eigenvalue weighted by atomic mass is 19.1. The topological polar surface area (TPSA) is 68.1 Å². The van der Waals surface area contributed by atoms with E-state index in [9.17, 15) is 18.4 Å². The van der Waals surface area contributed by atoms with Crippen molar-refractivity contribution >= 4 is 11.6 Å². The number of hydrogen-bond donors (Lipinski definition) is 0. The second kappa shape index (κ2) is 5.54. The van der Waals surface area contributed by atoms with E-state index in [0.29, 0.717) is 29.7 Å². The summed E-state index contributed by atoms with van der Waals surface area (Å²) in [5.74, 6) is -0.834. The molecule has 0 radical (unpaired) electrons. The summed E-state index contributed by atoms with van der Waals surface area (Å²) < 4.78 is 28.7. The van der Waals surface area contributed by atoms with Gasteiger partial charge in [-0.1, -0.05) is 0 Å². The number of carbonyl (C=O) groups excluding carboxylic acids is 1. The number of benzene rings is 2. The minimum Gasteiger partial charge on any atom is -0.286 e. The molecule has 0 spiro atoms. The van der Waals surface area contributed by atoms with Crippen molar-refractivity contribution in [2.75, 3.05) is 4.90 Å². The monoisotopic (exact) mass is 380 g/mol. The highest BCUT2D eigenvalue weighted by Gasteiger charge is 2.50. The number of carbonyl (C=O) groups is 1. The lowest BCUT2D eigenvalue weighted by molar-refractivity contribution is -0.117. The summed E-state index contributed by atoms with van der Waals surface area (Å²) in [5, 5.41) is 4.49. The molecule has 1 fully saturated rings. The van der Waals surface area contributed by atoms with Gasteiger partial charge in [0.15, 0.2) is 11.5 Å². The molecule has 0 bridgehead atoms. The number of amides is 1. The fraction of sp³-hybridized carbons (Fsp3) is 0.200. The second-order valence-corrected chi connectivity index (χ2v) is 7.12. The second-order valence-electron chi connectivity index (χ2n) is 7.12. The fourth-order valence-corrected chi connectivity index (χ4v) is 4.00. The van der Waals surface area contributed by atoms with E-state index >= 15 is 0 Å². The predicted octanol–water partition coefficient (Wildman–Crippen LogP) is 3.06. The minimum absolute atomic E-state index is 0.0455. The Bertz CT molecular complexity index is 1210. The highest BCUT2D eigenvalue weighted by Crippen LogP contribution is 2.47. The van der Waals surface area contributed by atoms with Gasteiger partial charge in [0.1, 0.15) is 17.3 Å². The molecule has 2 aliphatic heterocycles. The molecule has 28 heavy (non-hydrogen) atoms. The van der Waals surface area contributed by atoms with E-state index in [1.165, 1.54) is 47.1 Å². The first-order valence-corrected chi connectivity index (χ1v) is 8.79. The van der Waals surface area contributed by atoms with Gasteiger partial charge in [0.05, 0.1) is 5.69 Å². The zero-order chi connectivity index (χ0) is 19.6. The van der Waals surface area contributed by atoms with Crippen LogP contribution >= 0.6 is 0 Å². The first kappa shape index (κ1) is 16.7. The van der Waals surface area contributed by atoms with Gasteiger partial charge in [0.25, 0.3) is 5.56 Å². The molecule has 140 valence electrons. The van der Waals surface area contributed by atoms with Crippen LogP contribution in [0.4, 0.5) is 14.5 Å². The third-order valence-corrected chi connectivity index (χ3v) is 5.37. The number of nitrogens with zero attached hydrogens (tertiary/aromatic N) is 4. The average Bonchev–Trinajstić information content (AvgIpc) is 2.98. The van der Waals surface area contributed by atoms with Gasteiger partial charge < -0.3 is 0 Å². The van der Waals surface area contributed by atoms with Crippen molar-refractivity contribution < 1.29 is 13.6 Å². The van der Waals surface area contributed by atoms with Crippen LogP contribution in [-0.2, 0) is 10.5 Å². The molecule has 6 nitrogen and oxygen atoms in total. The average molecular weight is 380 g/mol. The van der Waals surface area contributed by atoms with Gasteiger partial charge in [-0.3, -0.25) is 14.5 Å². The van der Waals surface area contributed by atoms with Crippen LogP contribution in [-0.4, -0.2) is 20.7 Å². The quantitative estimate of drug-likeness (QED) is 0.651. The molecule has 3 heterocycles. The molecule has 2 aromatic carbocycles. The molecule has 8 heteroatoms. The summed E-state index contributed by atoms with van der Waals surface area (Å²) in [6.07, 6.45) is 0.766. The number of hydrogen-bond acceptors (Lipinski definition) is 4. The van der Waals surface area contributed by atoms with E-state index in [1.54, 1.807) is 4.90 Å². The molecule has 0 saturated carbocycles. The largest absolute Gasteiger partial charge is 0.300 e. The molecule has 0 aliphatic carbocycles. The van der Waals surface area contributed by atoms with Gasteiger partial charge in [0, 0.05) is 24.0 Å². The molecule has 2 aliphatic rings. The summed E-state index contributed by atoms with van der Waals surface area (Å²) in [7, 11) is 0. The maximum atomic E-state index is 13.9. The Kier molecular flexibility index (Phi) is 3.31. The molecule has 1 amide bonds. The van der Waals surface area contributed by atoms with Crippen molar-refractivity contribution in [3.05, 3.63) is 64.5 Å². The first-order valence-electron chi connectivity index (χ1n) is 8.79. The Morgan fingerprint density at radius 2 is 1.75 bits per heavy atom. The van der Waals surface area contributed by atoms with Crippen molar-refractivity contribution in [1.82, 2.24) is 14.8 Å². The predicted molar refractivity (Wildman–Crippen MR) is 97.4 cm³/mol. The molecule has 0 N–H and O–H groups in total. The lowest BCUT2D eigenvalue weighted by atomic mass is 10.0. The Labute approximate surface area is 158 Å². The SMILES string of the molecule is C[C@@]12CCC(=O)N1c1ccc(F)cc1-c1nc(=O)c(-c3ccc(F)cc3)nn12. The maximum absolute atomic E-state index is 13.9. The van der Waals surface area contributed by atoms with Crippen molar-refractivity contribution in [2.24, 2.45) is 0 Å². The normalized spacial score (nSPS) is 20.0. The number of rotatable bonds is 1. The summed E-state index contributed by atoms with van der Waals surface area (Å²) in [6, 6.07) is 9.41. The Morgan fingerprint density at radius 1 is 1.04 bits per heavy atom. The third-order valence-electron chi connectivity index (χ3n) is 5.37. The van der Waals surface area contributed by atoms with E-state index < -0.39 is 22.9 Å². The summed E-state index contributed by atoms with van der Waals surface area (Å²) in [5.41, 5.74) is -0.165. The smallest absolute Gasteiger partial charge is 0.286 e. The van der Waals surface area contributed by atoms with E-state index in [-0.39, 0.29) is 17.4 Å². The highest BCUT2D eigenvalue weighted by molar-refractivity contribution is 6.01. The summed E-state index contributed by atoms with van der Waals surface area (Å²) in [6.45, 7) is 1.83. The Hall–Kier alpha value is -3.42. The van der Waals surface area contributed by atoms with Crippen LogP contribution in [0.2, 0.25) is 0 Å². The molecular weight excluding hydrogens is 366 g/mol. The standard InChI is InChI=1S/C20H14F2N4O2/c1-20-9-8-16(27)25(20)15-7-6-13(22)10-14(15)18-23-19(28)17(24-26(18)20)11-2-4-12(21)5-3-11/h2-7,10H,8-9H2,1H3/t20-/m1/s1. The van der Waals surface area contributed by atoms with Crippen LogP contribution in [0, 0.1) is 11.6 Å². The molecule has 1 atom stereocenters.